The SMILES string of the molecule is O=C(O)C(F)(F)F.O=C1CNC(=O)N1CC=Cc1ccc(-c2ccc(F)cc2)cn1. The van der Waals surface area contributed by atoms with E-state index < -0.39 is 12.1 Å². The minimum absolute atomic E-state index is 0.0529. The largest absolute Gasteiger partial charge is 0.490 e. The van der Waals surface area contributed by atoms with Crippen LogP contribution in [0.3, 0.4) is 0 Å². The normalized spacial score (nSPS) is 13.8. The Bertz CT molecular complexity index is 926. The number of urea groups is 1. The topological polar surface area (TPSA) is 99.6 Å². The van der Waals surface area contributed by atoms with Crippen LogP contribution in [0, 0.1) is 5.82 Å². The lowest BCUT2D eigenvalue weighted by Crippen LogP contribution is -2.30. The van der Waals surface area contributed by atoms with Gasteiger partial charge in [0.1, 0.15) is 5.82 Å². The van der Waals surface area contributed by atoms with Crippen LogP contribution in [0.5, 0.6) is 0 Å². The van der Waals surface area contributed by atoms with Gasteiger partial charge >= 0.3 is 18.2 Å². The Morgan fingerprint density at radius 3 is 2.20 bits per heavy atom. The third-order valence-corrected chi connectivity index (χ3v) is 3.72. The zero-order valence-corrected chi connectivity index (χ0v) is 15.2. The van der Waals surface area contributed by atoms with Crippen molar-refractivity contribution in [1.29, 1.82) is 0 Å². The number of benzene rings is 1. The zero-order chi connectivity index (χ0) is 22.3. The molecule has 2 N–H and O–H groups in total. The number of rotatable bonds is 4. The molecule has 1 saturated heterocycles. The quantitative estimate of drug-likeness (QED) is 0.579. The number of hydrogen-bond donors (Lipinski definition) is 2. The highest BCUT2D eigenvalue weighted by Crippen LogP contribution is 2.19. The maximum absolute atomic E-state index is 12.9. The van der Waals surface area contributed by atoms with Gasteiger partial charge < -0.3 is 10.4 Å². The number of pyridine rings is 1. The van der Waals surface area contributed by atoms with Crippen LogP contribution in [0.2, 0.25) is 0 Å². The monoisotopic (exact) mass is 425 g/mol. The van der Waals surface area contributed by atoms with Gasteiger partial charge in [0.05, 0.1) is 12.2 Å². The van der Waals surface area contributed by atoms with Gasteiger partial charge in [0.25, 0.3) is 0 Å². The number of aliphatic carboxylic acids is 1. The van der Waals surface area contributed by atoms with Gasteiger partial charge in [0, 0.05) is 18.3 Å². The summed E-state index contributed by atoms with van der Waals surface area (Å²) in [7, 11) is 0. The number of amides is 3. The maximum atomic E-state index is 12.9. The first kappa shape index (κ1) is 22.5. The first-order valence-electron chi connectivity index (χ1n) is 8.35. The molecule has 0 spiro atoms. The molecule has 0 aliphatic carbocycles. The fourth-order valence-corrected chi connectivity index (χ4v) is 2.24. The molecule has 1 aliphatic heterocycles. The van der Waals surface area contributed by atoms with Crippen LogP contribution in [0.1, 0.15) is 5.69 Å². The van der Waals surface area contributed by atoms with Crippen molar-refractivity contribution in [2.45, 2.75) is 6.18 Å². The lowest BCUT2D eigenvalue weighted by atomic mass is 10.1. The number of carboxylic acid groups (broad SMARTS) is 1. The van der Waals surface area contributed by atoms with Crippen molar-refractivity contribution in [2.24, 2.45) is 0 Å². The summed E-state index contributed by atoms with van der Waals surface area (Å²) < 4.78 is 44.6. The minimum atomic E-state index is -5.08. The molecule has 0 radical (unpaired) electrons. The highest BCUT2D eigenvalue weighted by Gasteiger charge is 2.38. The van der Waals surface area contributed by atoms with E-state index in [9.17, 15) is 27.2 Å². The molecule has 3 amide bonds. The molecule has 3 rings (SSSR count). The van der Waals surface area contributed by atoms with Crippen LogP contribution >= 0.6 is 0 Å². The molecule has 30 heavy (non-hydrogen) atoms. The molecular formula is C19H15F4N3O4. The Morgan fingerprint density at radius 1 is 1.13 bits per heavy atom. The summed E-state index contributed by atoms with van der Waals surface area (Å²) in [5, 5.41) is 9.58. The number of aromatic nitrogens is 1. The second-order valence-corrected chi connectivity index (χ2v) is 5.85. The highest BCUT2D eigenvalue weighted by molar-refractivity contribution is 6.02. The molecule has 2 aromatic rings. The summed E-state index contributed by atoms with van der Waals surface area (Å²) in [6.45, 7) is 0.267. The van der Waals surface area contributed by atoms with Crippen molar-refractivity contribution in [3.63, 3.8) is 0 Å². The van der Waals surface area contributed by atoms with Gasteiger partial charge in [0.2, 0.25) is 5.91 Å². The number of carboxylic acids is 1. The van der Waals surface area contributed by atoms with Crippen molar-refractivity contribution < 1.29 is 37.1 Å². The number of nitrogens with one attached hydrogen (secondary N) is 1. The average molecular weight is 425 g/mol. The van der Waals surface area contributed by atoms with Gasteiger partial charge in [-0.05, 0) is 29.8 Å². The summed E-state index contributed by atoms with van der Waals surface area (Å²) in [4.78, 5) is 37.1. The van der Waals surface area contributed by atoms with Crippen LogP contribution in [0.4, 0.5) is 22.4 Å². The van der Waals surface area contributed by atoms with Crippen LogP contribution in [0.15, 0.2) is 48.7 Å². The van der Waals surface area contributed by atoms with Gasteiger partial charge in [-0.2, -0.15) is 13.2 Å². The lowest BCUT2D eigenvalue weighted by molar-refractivity contribution is -0.192. The molecule has 1 fully saturated rings. The molecule has 7 nitrogen and oxygen atoms in total. The van der Waals surface area contributed by atoms with Crippen molar-refractivity contribution in [2.75, 3.05) is 13.1 Å². The van der Waals surface area contributed by atoms with E-state index in [2.05, 4.69) is 10.3 Å². The summed E-state index contributed by atoms with van der Waals surface area (Å²) in [6.07, 6.45) is 0.0661. The van der Waals surface area contributed by atoms with Gasteiger partial charge in [-0.3, -0.25) is 14.7 Å². The minimum Gasteiger partial charge on any atom is -0.475 e. The molecule has 2 heterocycles. The Labute approximate surface area is 167 Å². The summed E-state index contributed by atoms with van der Waals surface area (Å²) in [5.74, 6) is -3.27. The lowest BCUT2D eigenvalue weighted by Gasteiger charge is -2.08. The molecule has 0 saturated carbocycles. The Hall–Kier alpha value is -3.76. The van der Waals surface area contributed by atoms with Crippen LogP contribution in [-0.4, -0.2) is 52.2 Å². The van der Waals surface area contributed by atoms with Crippen molar-refractivity contribution >= 4 is 24.0 Å². The van der Waals surface area contributed by atoms with E-state index in [1.165, 1.54) is 12.1 Å². The predicted molar refractivity (Wildman–Crippen MR) is 97.5 cm³/mol. The number of alkyl halides is 3. The number of carbonyl (C=O) groups excluding carboxylic acids is 2. The Balaban J connectivity index is 0.000000396. The van der Waals surface area contributed by atoms with Crippen LogP contribution in [-0.2, 0) is 9.59 Å². The van der Waals surface area contributed by atoms with E-state index in [4.69, 9.17) is 9.90 Å². The Morgan fingerprint density at radius 2 is 1.73 bits per heavy atom. The first-order valence-corrected chi connectivity index (χ1v) is 8.35. The molecule has 0 unspecified atom stereocenters. The first-order chi connectivity index (χ1) is 14.1. The molecule has 1 aliphatic rings. The van der Waals surface area contributed by atoms with E-state index in [-0.39, 0.29) is 30.8 Å². The predicted octanol–water partition coefficient (Wildman–Crippen LogP) is 3.09. The van der Waals surface area contributed by atoms with Crippen LogP contribution < -0.4 is 5.32 Å². The second-order valence-electron chi connectivity index (χ2n) is 5.85. The fraction of sp³-hybridized carbons (Fsp3) is 0.158. The number of nitrogens with zero attached hydrogens (tertiary/aromatic N) is 2. The summed E-state index contributed by atoms with van der Waals surface area (Å²) in [5.41, 5.74) is 2.48. The van der Waals surface area contributed by atoms with Crippen molar-refractivity contribution in [1.82, 2.24) is 15.2 Å². The second kappa shape index (κ2) is 9.63. The third-order valence-electron chi connectivity index (χ3n) is 3.72. The molecule has 11 heteroatoms. The molecule has 0 bridgehead atoms. The van der Waals surface area contributed by atoms with Gasteiger partial charge in [-0.15, -0.1) is 0 Å². The van der Waals surface area contributed by atoms with Crippen molar-refractivity contribution in [3.05, 3.63) is 60.2 Å². The summed E-state index contributed by atoms with van der Waals surface area (Å²) >= 11 is 0. The maximum Gasteiger partial charge on any atom is 0.490 e. The van der Waals surface area contributed by atoms with Crippen LogP contribution in [0.25, 0.3) is 17.2 Å². The average Bonchev–Trinajstić information content (AvgIpc) is 3.01. The number of hydrogen-bond acceptors (Lipinski definition) is 4. The molecule has 1 aromatic heterocycles. The smallest absolute Gasteiger partial charge is 0.475 e. The van der Waals surface area contributed by atoms with Gasteiger partial charge in [-0.1, -0.05) is 24.3 Å². The zero-order valence-electron chi connectivity index (χ0n) is 15.2. The molecular weight excluding hydrogens is 410 g/mol. The Kier molecular flexibility index (Phi) is 7.23. The molecule has 1 aromatic carbocycles. The van der Waals surface area contributed by atoms with Gasteiger partial charge in [0.15, 0.2) is 0 Å². The number of imide groups is 1. The van der Waals surface area contributed by atoms with E-state index in [0.717, 1.165) is 16.0 Å². The number of carbonyl (C=O) groups is 3. The molecule has 0 atom stereocenters. The van der Waals surface area contributed by atoms with E-state index in [1.807, 2.05) is 12.1 Å². The van der Waals surface area contributed by atoms with Gasteiger partial charge in [-0.25, -0.2) is 14.0 Å². The fourth-order valence-electron chi connectivity index (χ4n) is 2.24. The van der Waals surface area contributed by atoms with E-state index in [1.54, 1.807) is 30.5 Å². The van der Waals surface area contributed by atoms with E-state index >= 15 is 0 Å². The standard InChI is InChI=1S/C17H14FN3O2.C2HF3O2/c18-14-6-3-12(4-7-14)13-5-8-15(19-10-13)2-1-9-21-16(22)11-20-17(21)23;3-2(4,5)1(6)7/h1-8,10H,9,11H2,(H,20,23);(H,6,7). The number of halogens is 4. The van der Waals surface area contributed by atoms with E-state index in [0.29, 0.717) is 5.69 Å². The summed E-state index contributed by atoms with van der Waals surface area (Å²) in [6, 6.07) is 9.52. The highest BCUT2D eigenvalue weighted by atomic mass is 19.4. The van der Waals surface area contributed by atoms with Crippen molar-refractivity contribution in [3.8, 4) is 11.1 Å². The molecule has 158 valence electrons. The third kappa shape index (κ3) is 6.40.